The highest BCUT2D eigenvalue weighted by Crippen LogP contribution is 2.22. The number of nitrogens with one attached hydrogen (secondary N) is 1. The Hall–Kier alpha value is -3.02. The van der Waals surface area contributed by atoms with Crippen LogP contribution in [0.25, 0.3) is 0 Å². The normalized spacial score (nSPS) is 10.3. The van der Waals surface area contributed by atoms with Gasteiger partial charge in [0, 0.05) is 56.1 Å². The Morgan fingerprint density at radius 1 is 1.00 bits per heavy atom. The van der Waals surface area contributed by atoms with E-state index in [0.29, 0.717) is 18.0 Å². The van der Waals surface area contributed by atoms with Crippen LogP contribution in [0.4, 0.5) is 17.1 Å². The number of anilines is 3. The lowest BCUT2D eigenvalue weighted by Crippen LogP contribution is -2.32. The quantitative estimate of drug-likeness (QED) is 0.713. The average molecular weight is 383 g/mol. The van der Waals surface area contributed by atoms with Gasteiger partial charge in [-0.25, -0.2) is 0 Å². The summed E-state index contributed by atoms with van der Waals surface area (Å²) >= 11 is 0. The maximum absolute atomic E-state index is 12.3. The Bertz CT molecular complexity index is 786. The summed E-state index contributed by atoms with van der Waals surface area (Å²) in [5.74, 6) is 0.431. The van der Waals surface area contributed by atoms with Crippen LogP contribution < -0.4 is 19.9 Å². The molecule has 0 saturated heterocycles. The molecule has 0 atom stereocenters. The Morgan fingerprint density at radius 3 is 2.21 bits per heavy atom. The van der Waals surface area contributed by atoms with Gasteiger partial charge in [-0.2, -0.15) is 0 Å². The van der Waals surface area contributed by atoms with E-state index in [2.05, 4.69) is 24.1 Å². The zero-order chi connectivity index (χ0) is 20.5. The van der Waals surface area contributed by atoms with Crippen molar-refractivity contribution in [2.45, 2.75) is 27.2 Å². The van der Waals surface area contributed by atoms with Crippen molar-refractivity contribution in [3.8, 4) is 5.75 Å². The molecule has 150 valence electrons. The van der Waals surface area contributed by atoms with Crippen LogP contribution in [0, 0.1) is 0 Å². The molecule has 6 nitrogen and oxygen atoms in total. The molecule has 28 heavy (non-hydrogen) atoms. The van der Waals surface area contributed by atoms with Crippen molar-refractivity contribution in [1.82, 2.24) is 0 Å². The predicted octanol–water partition coefficient (Wildman–Crippen LogP) is 3.92. The molecule has 0 aliphatic rings. The third kappa shape index (κ3) is 5.74. The minimum absolute atomic E-state index is 0.0928. The first kappa shape index (κ1) is 21.3. The van der Waals surface area contributed by atoms with Crippen LogP contribution in [-0.4, -0.2) is 38.6 Å². The predicted molar refractivity (Wildman–Crippen MR) is 114 cm³/mol. The molecule has 2 aromatic carbocycles. The molecule has 0 aliphatic carbocycles. The van der Waals surface area contributed by atoms with Crippen molar-refractivity contribution < 1.29 is 14.3 Å². The Balaban J connectivity index is 2.00. The molecule has 0 aliphatic heterocycles. The first-order valence-electron chi connectivity index (χ1n) is 9.55. The molecule has 0 aromatic heterocycles. The molecule has 2 aromatic rings. The average Bonchev–Trinajstić information content (AvgIpc) is 2.70. The number of hydrogen-bond acceptors (Lipinski definition) is 4. The van der Waals surface area contributed by atoms with Crippen molar-refractivity contribution in [3.05, 3.63) is 48.5 Å². The minimum atomic E-state index is -0.153. The van der Waals surface area contributed by atoms with Gasteiger partial charge in [0.2, 0.25) is 11.8 Å². The van der Waals surface area contributed by atoms with Crippen LogP contribution in [0.15, 0.2) is 48.5 Å². The van der Waals surface area contributed by atoms with E-state index in [0.717, 1.165) is 24.5 Å². The second kappa shape index (κ2) is 10.3. The Morgan fingerprint density at radius 2 is 1.64 bits per heavy atom. The summed E-state index contributed by atoms with van der Waals surface area (Å²) in [6.07, 6.45) is 0.203. The van der Waals surface area contributed by atoms with Crippen molar-refractivity contribution in [1.29, 1.82) is 0 Å². The number of carbonyl (C=O) groups is 2. The molecular weight excluding hydrogens is 354 g/mol. The zero-order valence-electron chi connectivity index (χ0n) is 17.1. The highest BCUT2D eigenvalue weighted by molar-refractivity contribution is 5.95. The van der Waals surface area contributed by atoms with Gasteiger partial charge in [-0.15, -0.1) is 0 Å². The standard InChI is InChI=1S/C22H29N3O3/c1-5-24(6-2)19-10-12-20(13-11-19)25(17(3)26)15-14-22(27)23-18-8-7-9-21(16-18)28-4/h7-13,16H,5-6,14-15H2,1-4H3,(H,23,27). The van der Waals surface area contributed by atoms with E-state index in [9.17, 15) is 9.59 Å². The van der Waals surface area contributed by atoms with Crippen molar-refractivity contribution in [2.24, 2.45) is 0 Å². The van der Waals surface area contributed by atoms with E-state index < -0.39 is 0 Å². The fourth-order valence-electron chi connectivity index (χ4n) is 3.04. The maximum atomic E-state index is 12.3. The van der Waals surface area contributed by atoms with Crippen molar-refractivity contribution in [2.75, 3.05) is 41.9 Å². The van der Waals surface area contributed by atoms with Gasteiger partial charge in [0.15, 0.2) is 0 Å². The highest BCUT2D eigenvalue weighted by atomic mass is 16.5. The first-order chi connectivity index (χ1) is 13.5. The van der Waals surface area contributed by atoms with Gasteiger partial charge >= 0.3 is 0 Å². The number of benzene rings is 2. The smallest absolute Gasteiger partial charge is 0.226 e. The molecule has 0 spiro atoms. The molecule has 6 heteroatoms. The van der Waals surface area contributed by atoms with Crippen molar-refractivity contribution in [3.63, 3.8) is 0 Å². The van der Waals surface area contributed by atoms with Crippen molar-refractivity contribution >= 4 is 28.9 Å². The molecule has 2 rings (SSSR count). The summed E-state index contributed by atoms with van der Waals surface area (Å²) in [5, 5.41) is 2.84. The van der Waals surface area contributed by atoms with Crippen LogP contribution in [0.2, 0.25) is 0 Å². The second-order valence-corrected chi connectivity index (χ2v) is 6.39. The number of carbonyl (C=O) groups excluding carboxylic acids is 2. The van der Waals surface area contributed by atoms with Gasteiger partial charge in [-0.05, 0) is 50.2 Å². The van der Waals surface area contributed by atoms with Crippen LogP contribution in [0.3, 0.4) is 0 Å². The number of hydrogen-bond donors (Lipinski definition) is 1. The van der Waals surface area contributed by atoms with Crippen LogP contribution >= 0.6 is 0 Å². The number of methoxy groups -OCH3 is 1. The summed E-state index contributed by atoms with van der Waals surface area (Å²) in [4.78, 5) is 28.3. The summed E-state index contributed by atoms with van der Waals surface area (Å²) in [5.41, 5.74) is 2.58. The summed E-state index contributed by atoms with van der Waals surface area (Å²) in [7, 11) is 1.58. The summed E-state index contributed by atoms with van der Waals surface area (Å²) < 4.78 is 5.16. The zero-order valence-corrected chi connectivity index (χ0v) is 17.1. The van der Waals surface area contributed by atoms with Crippen LogP contribution in [-0.2, 0) is 9.59 Å². The number of ether oxygens (including phenoxy) is 1. The van der Waals surface area contributed by atoms with E-state index in [1.807, 2.05) is 36.4 Å². The lowest BCUT2D eigenvalue weighted by molar-refractivity contribution is -0.117. The van der Waals surface area contributed by atoms with Gasteiger partial charge < -0.3 is 19.9 Å². The highest BCUT2D eigenvalue weighted by Gasteiger charge is 2.14. The second-order valence-electron chi connectivity index (χ2n) is 6.39. The van der Waals surface area contributed by atoms with Crippen LogP contribution in [0.1, 0.15) is 27.2 Å². The molecular formula is C22H29N3O3. The van der Waals surface area contributed by atoms with Gasteiger partial charge in [0.05, 0.1) is 7.11 Å². The molecule has 0 radical (unpaired) electrons. The van der Waals surface area contributed by atoms with E-state index in [4.69, 9.17) is 4.74 Å². The number of nitrogens with zero attached hydrogens (tertiary/aromatic N) is 2. The van der Waals surface area contributed by atoms with Crippen LogP contribution in [0.5, 0.6) is 5.75 Å². The van der Waals surface area contributed by atoms with E-state index in [1.54, 1.807) is 24.1 Å². The third-order valence-corrected chi connectivity index (χ3v) is 4.59. The Labute approximate surface area is 167 Å². The minimum Gasteiger partial charge on any atom is -0.497 e. The first-order valence-corrected chi connectivity index (χ1v) is 9.55. The molecule has 1 N–H and O–H groups in total. The Kier molecular flexibility index (Phi) is 7.87. The fourth-order valence-corrected chi connectivity index (χ4v) is 3.04. The SMILES string of the molecule is CCN(CC)c1ccc(N(CCC(=O)Nc2cccc(OC)c2)C(C)=O)cc1. The maximum Gasteiger partial charge on any atom is 0.226 e. The molecule has 0 unspecified atom stereocenters. The third-order valence-electron chi connectivity index (χ3n) is 4.59. The fraction of sp³-hybridized carbons (Fsp3) is 0.364. The topological polar surface area (TPSA) is 61.9 Å². The van der Waals surface area contributed by atoms with Gasteiger partial charge in [0.25, 0.3) is 0 Å². The van der Waals surface area contributed by atoms with E-state index >= 15 is 0 Å². The lowest BCUT2D eigenvalue weighted by atomic mass is 10.2. The van der Waals surface area contributed by atoms with E-state index in [1.165, 1.54) is 6.92 Å². The lowest BCUT2D eigenvalue weighted by Gasteiger charge is -2.24. The molecule has 2 amide bonds. The van der Waals surface area contributed by atoms with Gasteiger partial charge in [-0.1, -0.05) is 6.07 Å². The van der Waals surface area contributed by atoms with Gasteiger partial charge in [0.1, 0.15) is 5.75 Å². The summed E-state index contributed by atoms with van der Waals surface area (Å²) in [6.45, 7) is 7.90. The molecule has 0 bridgehead atoms. The molecule has 0 heterocycles. The summed E-state index contributed by atoms with van der Waals surface area (Å²) in [6, 6.07) is 15.1. The number of rotatable bonds is 9. The monoisotopic (exact) mass is 383 g/mol. The molecule has 0 fully saturated rings. The van der Waals surface area contributed by atoms with Gasteiger partial charge in [-0.3, -0.25) is 9.59 Å². The largest absolute Gasteiger partial charge is 0.497 e. The molecule has 0 saturated carbocycles. The number of amides is 2. The van der Waals surface area contributed by atoms with E-state index in [-0.39, 0.29) is 18.2 Å².